The highest BCUT2D eigenvalue weighted by Crippen LogP contribution is 2.27. The Morgan fingerprint density at radius 1 is 0.409 bits per heavy atom. The first-order valence-electron chi connectivity index (χ1n) is 22.3. The summed E-state index contributed by atoms with van der Waals surface area (Å²) in [5.74, 6) is -0.410. The van der Waals surface area contributed by atoms with Gasteiger partial charge in [0.2, 0.25) is 11.8 Å². The number of benzene rings is 6. The number of nitrogens with two attached hydrogens (primary N) is 1. The summed E-state index contributed by atoms with van der Waals surface area (Å²) in [4.78, 5) is 62.1. The molecule has 10 nitrogen and oxygen atoms in total. The maximum absolute atomic E-state index is 15.1. The molecule has 0 aliphatic heterocycles. The van der Waals surface area contributed by atoms with E-state index >= 15 is 4.79 Å². The molecule has 2 N–H and O–H groups in total. The average Bonchev–Trinajstić information content (AvgIpc) is 3.37. The Labute approximate surface area is 396 Å². The first-order valence-corrected chi connectivity index (χ1v) is 24.8. The number of amides is 4. The molecule has 0 aromatic heterocycles. The second kappa shape index (κ2) is 27.2. The van der Waals surface area contributed by atoms with Crippen LogP contribution in [0.5, 0.6) is 0 Å². The summed E-state index contributed by atoms with van der Waals surface area (Å²) < 4.78 is 11.5. The molecule has 4 amide bonds. The van der Waals surface area contributed by atoms with Gasteiger partial charge < -0.3 is 25.0 Å². The van der Waals surface area contributed by atoms with E-state index in [4.69, 9.17) is 15.2 Å². The Bertz CT molecular complexity index is 2210. The van der Waals surface area contributed by atoms with Crippen molar-refractivity contribution in [1.82, 2.24) is 14.7 Å². The molecule has 0 aliphatic carbocycles. The molecule has 6 rings (SSSR count). The van der Waals surface area contributed by atoms with Crippen LogP contribution in [0.1, 0.15) is 33.4 Å². The summed E-state index contributed by atoms with van der Waals surface area (Å²) in [5.41, 5.74) is 12.4. The van der Waals surface area contributed by atoms with E-state index in [2.05, 4.69) is 0 Å². The molecule has 66 heavy (non-hydrogen) atoms. The topological polar surface area (TPSA) is 122 Å². The number of carbonyl (C=O) groups excluding carboxylic acids is 4. The molecular formula is C54H58N4O6S2. The van der Waals surface area contributed by atoms with Crippen molar-refractivity contribution >= 4 is 45.6 Å². The molecule has 0 bridgehead atoms. The fourth-order valence-electron chi connectivity index (χ4n) is 7.21. The van der Waals surface area contributed by atoms with Crippen LogP contribution in [0.2, 0.25) is 0 Å². The molecule has 0 fully saturated rings. The van der Waals surface area contributed by atoms with Gasteiger partial charge in [-0.1, -0.05) is 204 Å². The van der Waals surface area contributed by atoms with Crippen LogP contribution in [-0.4, -0.2) is 88.5 Å². The summed E-state index contributed by atoms with van der Waals surface area (Å²) >= 11 is 0. The van der Waals surface area contributed by atoms with Crippen LogP contribution in [0.3, 0.4) is 0 Å². The minimum atomic E-state index is -1.33. The smallest absolute Gasteiger partial charge is 0.420 e. The summed E-state index contributed by atoms with van der Waals surface area (Å²) in [6, 6.07) is 55.9. The van der Waals surface area contributed by atoms with Crippen molar-refractivity contribution in [3.63, 3.8) is 0 Å². The van der Waals surface area contributed by atoms with Crippen molar-refractivity contribution in [2.24, 2.45) is 5.73 Å². The number of imide groups is 1. The van der Waals surface area contributed by atoms with Gasteiger partial charge in [-0.2, -0.15) is 4.90 Å². The molecule has 2 atom stereocenters. The van der Waals surface area contributed by atoms with E-state index in [9.17, 15) is 14.4 Å². The first-order chi connectivity index (χ1) is 32.3. The van der Waals surface area contributed by atoms with Gasteiger partial charge in [0, 0.05) is 37.7 Å². The van der Waals surface area contributed by atoms with E-state index in [0.29, 0.717) is 63.0 Å². The van der Waals surface area contributed by atoms with Crippen molar-refractivity contribution in [2.75, 3.05) is 37.7 Å². The summed E-state index contributed by atoms with van der Waals surface area (Å²) in [5, 5.41) is 0. The summed E-state index contributed by atoms with van der Waals surface area (Å²) in [6.45, 7) is 1.42. The molecule has 0 radical (unpaired) electrons. The third-order valence-corrected chi connectivity index (χ3v) is 13.4. The lowest BCUT2D eigenvalue weighted by atomic mass is 10.1. The quantitative estimate of drug-likeness (QED) is 0.0467. The molecule has 342 valence electrons. The van der Waals surface area contributed by atoms with Gasteiger partial charge in [-0.3, -0.25) is 9.59 Å². The van der Waals surface area contributed by atoms with Crippen molar-refractivity contribution in [1.29, 1.82) is 0 Å². The van der Waals surface area contributed by atoms with Gasteiger partial charge in [-0.05, 0) is 59.1 Å². The highest BCUT2D eigenvalue weighted by Gasteiger charge is 2.40. The first kappa shape index (κ1) is 49.1. The zero-order valence-electron chi connectivity index (χ0n) is 37.1. The van der Waals surface area contributed by atoms with Crippen molar-refractivity contribution in [2.45, 2.75) is 51.0 Å². The van der Waals surface area contributed by atoms with Crippen molar-refractivity contribution < 1.29 is 28.7 Å². The second-order valence-electron chi connectivity index (χ2n) is 15.7. The lowest BCUT2D eigenvalue weighted by molar-refractivity contribution is -0.135. The van der Waals surface area contributed by atoms with Gasteiger partial charge in [0.25, 0.3) is 0 Å². The number of hydrogen-bond acceptors (Lipinski definition) is 9. The third-order valence-electron chi connectivity index (χ3n) is 11.0. The molecule has 12 heteroatoms. The van der Waals surface area contributed by atoms with Crippen LogP contribution in [0.25, 0.3) is 0 Å². The van der Waals surface area contributed by atoms with Crippen LogP contribution < -0.4 is 5.73 Å². The van der Waals surface area contributed by atoms with Crippen LogP contribution in [0, 0.1) is 0 Å². The highest BCUT2D eigenvalue weighted by molar-refractivity contribution is 8.76. The van der Waals surface area contributed by atoms with Crippen molar-refractivity contribution in [3.8, 4) is 0 Å². The Morgan fingerprint density at radius 3 is 1.03 bits per heavy atom. The van der Waals surface area contributed by atoms with E-state index in [1.54, 1.807) is 4.90 Å². The Kier molecular flexibility index (Phi) is 20.2. The molecule has 0 saturated carbocycles. The fraction of sp³-hybridized carbons (Fsp3) is 0.259. The van der Waals surface area contributed by atoms with E-state index in [-0.39, 0.29) is 30.6 Å². The van der Waals surface area contributed by atoms with Gasteiger partial charge in [0.15, 0.2) is 0 Å². The highest BCUT2D eigenvalue weighted by atomic mass is 33.1. The predicted molar refractivity (Wildman–Crippen MR) is 266 cm³/mol. The monoisotopic (exact) mass is 922 g/mol. The zero-order chi connectivity index (χ0) is 46.2. The van der Waals surface area contributed by atoms with Gasteiger partial charge in [0.05, 0.1) is 6.04 Å². The lowest BCUT2D eigenvalue weighted by Gasteiger charge is -2.32. The zero-order valence-corrected chi connectivity index (χ0v) is 38.8. The Hall–Kier alpha value is -6.34. The molecule has 0 spiro atoms. The van der Waals surface area contributed by atoms with E-state index < -0.39 is 30.2 Å². The van der Waals surface area contributed by atoms with E-state index in [0.717, 1.165) is 27.2 Å². The molecule has 0 aliphatic rings. The standard InChI is InChI=1S/C54H58N4O6S2/c55-49(51(59)56(35-31-43-19-7-1-8-20-43)36-32-44-21-9-2-10-22-44)41-65-66-42-50(52(60)57(37-33-45-23-11-3-12-24-45)38-34-46-25-13-4-14-26-46)58(53(61)63-39-47-27-15-5-16-28-47)54(62)64-40-48-29-17-6-18-30-48/h1-30,49-50H,31-42,55H2/t49?,50-/m0/s1. The van der Waals surface area contributed by atoms with Gasteiger partial charge >= 0.3 is 12.2 Å². The average molecular weight is 923 g/mol. The molecule has 6 aromatic carbocycles. The number of rotatable bonds is 24. The third kappa shape index (κ3) is 16.3. The molecule has 6 aromatic rings. The minimum absolute atomic E-state index is 0.0236. The predicted octanol–water partition coefficient (Wildman–Crippen LogP) is 9.67. The van der Waals surface area contributed by atoms with E-state index in [1.165, 1.54) is 21.6 Å². The fourth-order valence-corrected chi connectivity index (χ4v) is 9.52. The van der Waals surface area contributed by atoms with Gasteiger partial charge in [-0.15, -0.1) is 0 Å². The van der Waals surface area contributed by atoms with Crippen LogP contribution >= 0.6 is 21.6 Å². The molecular weight excluding hydrogens is 865 g/mol. The lowest BCUT2D eigenvalue weighted by Crippen LogP contribution is -2.55. The minimum Gasteiger partial charge on any atom is -0.444 e. The molecule has 0 heterocycles. The molecule has 1 unspecified atom stereocenters. The maximum atomic E-state index is 15.1. The van der Waals surface area contributed by atoms with Gasteiger partial charge in [0.1, 0.15) is 19.3 Å². The van der Waals surface area contributed by atoms with Crippen LogP contribution in [0.4, 0.5) is 9.59 Å². The maximum Gasteiger partial charge on any atom is 0.420 e. The normalized spacial score (nSPS) is 11.8. The molecule has 0 saturated heterocycles. The number of nitrogens with zero attached hydrogens (tertiary/aromatic N) is 3. The number of hydrogen-bond donors (Lipinski definition) is 1. The number of ether oxygens (including phenoxy) is 2. The number of carbonyl (C=O) groups is 4. The van der Waals surface area contributed by atoms with Crippen molar-refractivity contribution in [3.05, 3.63) is 215 Å². The SMILES string of the molecule is NC(CSSC[C@@H](C(=O)N(CCc1ccccc1)CCc1ccccc1)N(C(=O)OCc1ccccc1)C(=O)OCc1ccccc1)C(=O)N(CCc1ccccc1)CCc1ccccc1. The largest absolute Gasteiger partial charge is 0.444 e. The van der Waals surface area contributed by atoms with Crippen LogP contribution in [-0.2, 0) is 58.0 Å². The second-order valence-corrected chi connectivity index (χ2v) is 18.3. The van der Waals surface area contributed by atoms with E-state index in [1.807, 2.05) is 187 Å². The summed E-state index contributed by atoms with van der Waals surface area (Å²) in [7, 11) is 2.58. The Balaban J connectivity index is 1.23. The van der Waals surface area contributed by atoms with Gasteiger partial charge in [-0.25, -0.2) is 9.59 Å². The van der Waals surface area contributed by atoms with Crippen LogP contribution in [0.15, 0.2) is 182 Å². The summed E-state index contributed by atoms with van der Waals surface area (Å²) in [6.07, 6.45) is 0.449. The Morgan fingerprint density at radius 2 is 0.697 bits per heavy atom.